The lowest BCUT2D eigenvalue weighted by Crippen LogP contribution is -2.42. The van der Waals surface area contributed by atoms with E-state index in [4.69, 9.17) is 14.7 Å². The first kappa shape index (κ1) is 15.1. The smallest absolute Gasteiger partial charge is 0.308 e. The predicted octanol–water partition coefficient (Wildman–Crippen LogP) is 1.53. The number of hydrogen-bond donors (Lipinski definition) is 1. The van der Waals surface area contributed by atoms with Gasteiger partial charge in [0.05, 0.1) is 13.0 Å². The van der Waals surface area contributed by atoms with Gasteiger partial charge in [0, 0.05) is 12.7 Å². The minimum absolute atomic E-state index is 0.234. The van der Waals surface area contributed by atoms with Crippen LogP contribution >= 0.6 is 0 Å². The Balaban J connectivity index is 2.92. The quantitative estimate of drug-likeness (QED) is 0.599. The second-order valence-electron chi connectivity index (χ2n) is 3.70. The van der Waals surface area contributed by atoms with Gasteiger partial charge in [0.15, 0.2) is 6.23 Å². The largest absolute Gasteiger partial charge is 0.481 e. The van der Waals surface area contributed by atoms with Gasteiger partial charge < -0.3 is 9.84 Å². The summed E-state index contributed by atoms with van der Waals surface area (Å²) in [4.78, 5) is 28.2. The SMILES string of the molecule is CCON(C(=O)c1ccccc1)C(CC(=O)O)OC. The lowest BCUT2D eigenvalue weighted by atomic mass is 10.2. The van der Waals surface area contributed by atoms with Crippen LogP contribution in [0.3, 0.4) is 0 Å². The number of carboxylic acid groups (broad SMARTS) is 1. The molecule has 1 atom stereocenters. The topological polar surface area (TPSA) is 76.1 Å². The zero-order valence-electron chi connectivity index (χ0n) is 10.9. The molecule has 0 heterocycles. The monoisotopic (exact) mass is 267 g/mol. The fourth-order valence-electron chi connectivity index (χ4n) is 1.53. The van der Waals surface area contributed by atoms with Crippen LogP contribution in [0.1, 0.15) is 23.7 Å². The van der Waals surface area contributed by atoms with Crippen LogP contribution in [0.2, 0.25) is 0 Å². The van der Waals surface area contributed by atoms with E-state index in [2.05, 4.69) is 0 Å². The molecule has 0 aliphatic heterocycles. The Bertz CT molecular complexity index is 420. The van der Waals surface area contributed by atoms with Crippen molar-refractivity contribution < 1.29 is 24.3 Å². The number of nitrogens with zero attached hydrogens (tertiary/aromatic N) is 1. The van der Waals surface area contributed by atoms with E-state index in [1.54, 1.807) is 37.3 Å². The Hall–Kier alpha value is -1.92. The maximum Gasteiger partial charge on any atom is 0.308 e. The lowest BCUT2D eigenvalue weighted by molar-refractivity contribution is -0.212. The van der Waals surface area contributed by atoms with E-state index in [0.717, 1.165) is 5.06 Å². The average molecular weight is 267 g/mol. The van der Waals surface area contributed by atoms with Crippen molar-refractivity contribution in [3.63, 3.8) is 0 Å². The van der Waals surface area contributed by atoms with Crippen molar-refractivity contribution in [2.45, 2.75) is 19.6 Å². The normalized spacial score (nSPS) is 11.9. The van der Waals surface area contributed by atoms with Crippen molar-refractivity contribution in [3.8, 4) is 0 Å². The first-order valence-corrected chi connectivity index (χ1v) is 5.86. The number of aliphatic carboxylic acids is 1. The fraction of sp³-hybridized carbons (Fsp3) is 0.385. The number of methoxy groups -OCH3 is 1. The van der Waals surface area contributed by atoms with Gasteiger partial charge in [-0.25, -0.2) is 0 Å². The van der Waals surface area contributed by atoms with Gasteiger partial charge in [-0.1, -0.05) is 18.2 Å². The second kappa shape index (κ2) is 7.50. The molecule has 1 unspecified atom stereocenters. The molecular weight excluding hydrogens is 250 g/mol. The molecule has 0 fully saturated rings. The van der Waals surface area contributed by atoms with Crippen molar-refractivity contribution in [2.75, 3.05) is 13.7 Å². The molecule has 0 aliphatic rings. The Morgan fingerprint density at radius 3 is 2.42 bits per heavy atom. The number of benzene rings is 1. The van der Waals surface area contributed by atoms with Crippen LogP contribution in [0.25, 0.3) is 0 Å². The van der Waals surface area contributed by atoms with Gasteiger partial charge >= 0.3 is 5.97 Å². The Labute approximate surface area is 111 Å². The van der Waals surface area contributed by atoms with Gasteiger partial charge in [0.1, 0.15) is 0 Å². The predicted molar refractivity (Wildman–Crippen MR) is 67.3 cm³/mol. The van der Waals surface area contributed by atoms with Crippen LogP contribution in [0.5, 0.6) is 0 Å². The molecule has 104 valence electrons. The average Bonchev–Trinajstić information content (AvgIpc) is 2.42. The molecule has 1 rings (SSSR count). The third kappa shape index (κ3) is 4.35. The van der Waals surface area contributed by atoms with Gasteiger partial charge in [-0.05, 0) is 19.1 Å². The summed E-state index contributed by atoms with van der Waals surface area (Å²) in [5.74, 6) is -1.51. The molecule has 0 aromatic heterocycles. The summed E-state index contributed by atoms with van der Waals surface area (Å²) in [5, 5.41) is 9.77. The molecule has 0 saturated carbocycles. The van der Waals surface area contributed by atoms with E-state index in [-0.39, 0.29) is 13.0 Å². The lowest BCUT2D eigenvalue weighted by Gasteiger charge is -2.28. The van der Waals surface area contributed by atoms with Crippen molar-refractivity contribution in [2.24, 2.45) is 0 Å². The van der Waals surface area contributed by atoms with Crippen molar-refractivity contribution >= 4 is 11.9 Å². The Morgan fingerprint density at radius 1 is 1.32 bits per heavy atom. The molecule has 1 aromatic rings. The van der Waals surface area contributed by atoms with E-state index in [1.807, 2.05) is 0 Å². The highest BCUT2D eigenvalue weighted by Crippen LogP contribution is 2.12. The third-order valence-corrected chi connectivity index (χ3v) is 2.37. The summed E-state index contributed by atoms with van der Waals surface area (Å²) < 4.78 is 5.02. The van der Waals surface area contributed by atoms with Crippen molar-refractivity contribution in [1.82, 2.24) is 5.06 Å². The molecule has 0 spiro atoms. The standard InChI is InChI=1S/C13H17NO5/c1-3-19-14(11(18-2)9-12(15)16)13(17)10-7-5-4-6-8-10/h4-8,11H,3,9H2,1-2H3,(H,15,16). The maximum atomic E-state index is 12.2. The summed E-state index contributed by atoms with van der Waals surface area (Å²) in [6.45, 7) is 1.94. The summed E-state index contributed by atoms with van der Waals surface area (Å²) in [6, 6.07) is 8.48. The summed E-state index contributed by atoms with van der Waals surface area (Å²) in [5.41, 5.74) is 0.406. The number of carboxylic acids is 1. The van der Waals surface area contributed by atoms with Gasteiger partial charge in [-0.15, -0.1) is 0 Å². The minimum Gasteiger partial charge on any atom is -0.481 e. The summed E-state index contributed by atoms with van der Waals surface area (Å²) in [6.07, 6.45) is -1.32. The number of carbonyl (C=O) groups is 2. The summed E-state index contributed by atoms with van der Waals surface area (Å²) >= 11 is 0. The van der Waals surface area contributed by atoms with Crippen LogP contribution < -0.4 is 0 Å². The summed E-state index contributed by atoms with van der Waals surface area (Å²) in [7, 11) is 1.33. The Morgan fingerprint density at radius 2 is 1.95 bits per heavy atom. The van der Waals surface area contributed by atoms with Crippen LogP contribution in [0.15, 0.2) is 30.3 Å². The number of ether oxygens (including phenoxy) is 1. The highest BCUT2D eigenvalue weighted by Gasteiger charge is 2.27. The van der Waals surface area contributed by atoms with E-state index in [1.165, 1.54) is 7.11 Å². The minimum atomic E-state index is -1.07. The van der Waals surface area contributed by atoms with Gasteiger partial charge in [-0.2, -0.15) is 5.06 Å². The molecule has 0 bridgehead atoms. The number of hydrogen-bond acceptors (Lipinski definition) is 4. The second-order valence-corrected chi connectivity index (χ2v) is 3.70. The molecule has 6 nitrogen and oxygen atoms in total. The zero-order valence-corrected chi connectivity index (χ0v) is 10.9. The molecule has 0 saturated heterocycles. The van der Waals surface area contributed by atoms with E-state index in [0.29, 0.717) is 5.56 Å². The first-order chi connectivity index (χ1) is 9.10. The third-order valence-electron chi connectivity index (χ3n) is 2.37. The molecule has 6 heteroatoms. The first-order valence-electron chi connectivity index (χ1n) is 5.86. The van der Waals surface area contributed by atoms with Crippen molar-refractivity contribution in [3.05, 3.63) is 35.9 Å². The molecule has 1 N–H and O–H groups in total. The highest BCUT2D eigenvalue weighted by molar-refractivity contribution is 5.93. The van der Waals surface area contributed by atoms with Crippen LogP contribution in [0, 0.1) is 0 Å². The number of hydroxylamine groups is 2. The van der Waals surface area contributed by atoms with Crippen LogP contribution in [-0.4, -0.2) is 42.0 Å². The van der Waals surface area contributed by atoms with Crippen LogP contribution in [-0.2, 0) is 14.4 Å². The maximum absolute atomic E-state index is 12.2. The van der Waals surface area contributed by atoms with E-state index >= 15 is 0 Å². The van der Waals surface area contributed by atoms with E-state index in [9.17, 15) is 9.59 Å². The Kier molecular flexibility index (Phi) is 5.98. The number of rotatable bonds is 7. The van der Waals surface area contributed by atoms with Crippen LogP contribution in [0.4, 0.5) is 0 Å². The van der Waals surface area contributed by atoms with Gasteiger partial charge in [-0.3, -0.25) is 14.4 Å². The molecule has 1 amide bonds. The number of carbonyl (C=O) groups excluding carboxylic acids is 1. The zero-order chi connectivity index (χ0) is 14.3. The van der Waals surface area contributed by atoms with Gasteiger partial charge in [0.25, 0.3) is 5.91 Å². The van der Waals surface area contributed by atoms with Crippen molar-refractivity contribution in [1.29, 1.82) is 0 Å². The highest BCUT2D eigenvalue weighted by atomic mass is 16.7. The van der Waals surface area contributed by atoms with E-state index < -0.39 is 18.1 Å². The fourth-order valence-corrected chi connectivity index (χ4v) is 1.53. The number of amides is 1. The molecule has 19 heavy (non-hydrogen) atoms. The molecule has 0 radical (unpaired) electrons. The molecule has 1 aromatic carbocycles. The molecule has 0 aliphatic carbocycles. The van der Waals surface area contributed by atoms with Gasteiger partial charge in [0.2, 0.25) is 0 Å². The molecular formula is C13H17NO5.